The van der Waals surface area contributed by atoms with Crippen LogP contribution in [0.4, 0.5) is 0 Å². The predicted molar refractivity (Wildman–Crippen MR) is 128 cm³/mol. The number of fused-ring (bicyclic) bond motifs is 5. The van der Waals surface area contributed by atoms with E-state index in [4.69, 9.17) is 9.47 Å². The fraction of sp³-hybridized carbons (Fsp3) is 0.966. The van der Waals surface area contributed by atoms with E-state index in [1.54, 1.807) is 7.11 Å². The topological polar surface area (TPSA) is 35.5 Å². The zero-order chi connectivity index (χ0) is 22.9. The molecule has 5 rings (SSSR count). The molecule has 182 valence electrons. The second kappa shape index (κ2) is 7.80. The summed E-state index contributed by atoms with van der Waals surface area (Å²) >= 11 is 0. The largest absolute Gasteiger partial charge is 0.353 e. The molecule has 0 aromatic heterocycles. The number of methoxy groups -OCH3 is 1. The van der Waals surface area contributed by atoms with Crippen molar-refractivity contribution in [3.05, 3.63) is 0 Å². The summed E-state index contributed by atoms with van der Waals surface area (Å²) in [4.78, 5) is 13.4. The lowest BCUT2D eigenvalue weighted by Crippen LogP contribution is -2.65. The van der Waals surface area contributed by atoms with E-state index in [1.807, 2.05) is 0 Å². The molecule has 3 heteroatoms. The maximum absolute atomic E-state index is 13.4. The maximum atomic E-state index is 13.4. The molecule has 5 aliphatic rings. The molecule has 1 spiro atoms. The van der Waals surface area contributed by atoms with E-state index >= 15 is 0 Å². The van der Waals surface area contributed by atoms with Crippen LogP contribution in [0.5, 0.6) is 0 Å². The van der Waals surface area contributed by atoms with Gasteiger partial charge in [-0.15, -0.1) is 0 Å². The normalized spacial score (nSPS) is 50.8. The Morgan fingerprint density at radius 1 is 0.969 bits per heavy atom. The van der Waals surface area contributed by atoms with Crippen LogP contribution in [0.15, 0.2) is 0 Å². The summed E-state index contributed by atoms with van der Waals surface area (Å²) in [6.07, 6.45) is 14.2. The van der Waals surface area contributed by atoms with Gasteiger partial charge in [-0.25, -0.2) is 0 Å². The molecule has 5 fully saturated rings. The highest BCUT2D eigenvalue weighted by Gasteiger charge is 2.73. The average Bonchev–Trinajstić information content (AvgIpc) is 3.22. The third kappa shape index (κ3) is 3.08. The molecular weight excluding hydrogens is 396 g/mol. The second-order valence-electron chi connectivity index (χ2n) is 13.5. The SMILES string of the molecule is CO[C@@]12CC[C@]3(C)[C@H]4CC[C@]5(C)[C@@H]([C@H](C)CCCC(C)C)CC[C@H]5[C@@H]4CC[C@]3(O1)C(=O)C2. The summed E-state index contributed by atoms with van der Waals surface area (Å²) in [6.45, 7) is 12.4. The number of carbonyl (C=O) groups excluding carboxylic acids is 1. The van der Waals surface area contributed by atoms with Crippen LogP contribution in [0.2, 0.25) is 0 Å². The highest BCUT2D eigenvalue weighted by molar-refractivity contribution is 5.91. The fourth-order valence-corrected chi connectivity index (χ4v) is 10.1. The van der Waals surface area contributed by atoms with E-state index in [-0.39, 0.29) is 5.41 Å². The van der Waals surface area contributed by atoms with Gasteiger partial charge in [0.15, 0.2) is 11.6 Å². The van der Waals surface area contributed by atoms with Crippen molar-refractivity contribution in [3.8, 4) is 0 Å². The van der Waals surface area contributed by atoms with Crippen molar-refractivity contribution in [2.45, 2.75) is 123 Å². The van der Waals surface area contributed by atoms with Crippen LogP contribution in [-0.4, -0.2) is 24.3 Å². The Hall–Kier alpha value is -0.410. The summed E-state index contributed by atoms with van der Waals surface area (Å²) in [5.74, 6) is 4.55. The van der Waals surface area contributed by atoms with Gasteiger partial charge in [0.1, 0.15) is 5.60 Å². The zero-order valence-electron chi connectivity index (χ0n) is 21.7. The first-order chi connectivity index (χ1) is 15.1. The highest BCUT2D eigenvalue weighted by atomic mass is 16.7. The van der Waals surface area contributed by atoms with E-state index in [9.17, 15) is 4.79 Å². The van der Waals surface area contributed by atoms with E-state index in [1.165, 1.54) is 51.4 Å². The van der Waals surface area contributed by atoms with Crippen molar-refractivity contribution in [2.75, 3.05) is 7.11 Å². The summed E-state index contributed by atoms with van der Waals surface area (Å²) < 4.78 is 12.5. The van der Waals surface area contributed by atoms with Crippen molar-refractivity contribution < 1.29 is 14.3 Å². The lowest BCUT2D eigenvalue weighted by atomic mass is 9.44. The molecule has 2 heterocycles. The molecule has 0 unspecified atom stereocenters. The van der Waals surface area contributed by atoms with Crippen molar-refractivity contribution in [3.63, 3.8) is 0 Å². The van der Waals surface area contributed by atoms with E-state index in [0.29, 0.717) is 23.5 Å². The molecule has 9 atom stereocenters. The number of rotatable bonds is 6. The minimum Gasteiger partial charge on any atom is -0.353 e. The average molecular weight is 445 g/mol. The van der Waals surface area contributed by atoms with E-state index in [2.05, 4.69) is 34.6 Å². The van der Waals surface area contributed by atoms with Gasteiger partial charge in [-0.05, 0) is 85.9 Å². The Morgan fingerprint density at radius 3 is 2.47 bits per heavy atom. The van der Waals surface area contributed by atoms with Gasteiger partial charge >= 0.3 is 0 Å². The van der Waals surface area contributed by atoms with Crippen molar-refractivity contribution in [1.82, 2.24) is 0 Å². The minimum atomic E-state index is -0.628. The number of hydrogen-bond donors (Lipinski definition) is 0. The molecule has 2 saturated heterocycles. The summed E-state index contributed by atoms with van der Waals surface area (Å²) in [5, 5.41) is 0. The summed E-state index contributed by atoms with van der Waals surface area (Å²) in [5.41, 5.74) is -0.0725. The summed E-state index contributed by atoms with van der Waals surface area (Å²) in [7, 11) is 1.73. The molecule has 0 aromatic carbocycles. The smallest absolute Gasteiger partial charge is 0.176 e. The van der Waals surface area contributed by atoms with E-state index in [0.717, 1.165) is 48.9 Å². The molecule has 0 N–H and O–H groups in total. The van der Waals surface area contributed by atoms with Crippen molar-refractivity contribution >= 4 is 5.78 Å². The monoisotopic (exact) mass is 444 g/mol. The Kier molecular flexibility index (Phi) is 5.69. The van der Waals surface area contributed by atoms with Gasteiger partial charge in [0.05, 0.1) is 6.42 Å². The third-order valence-corrected chi connectivity index (χ3v) is 11.8. The second-order valence-corrected chi connectivity index (χ2v) is 13.5. The first kappa shape index (κ1) is 23.3. The van der Waals surface area contributed by atoms with E-state index < -0.39 is 11.4 Å². The van der Waals surface area contributed by atoms with Crippen LogP contribution in [0.25, 0.3) is 0 Å². The number of ether oxygens (including phenoxy) is 2. The standard InChI is InChI=1S/C29H48O3/c1-19(2)8-7-9-20(3)22-10-11-23-21-12-15-29-25(30)18-28(31-6,32-29)17-16-27(29,5)24(21)13-14-26(22,23)4/h19-24H,7-18H2,1-6H3/t20-,21+,22-,23+,24+,26-,27-,28+,29+/m1/s1. The Balaban J connectivity index is 1.36. The number of hydrogen-bond acceptors (Lipinski definition) is 3. The molecule has 32 heavy (non-hydrogen) atoms. The van der Waals surface area contributed by atoms with Crippen molar-refractivity contribution in [1.29, 1.82) is 0 Å². The van der Waals surface area contributed by atoms with Gasteiger partial charge in [0, 0.05) is 18.9 Å². The molecule has 0 aromatic rings. The van der Waals surface area contributed by atoms with Crippen LogP contribution >= 0.6 is 0 Å². The molecule has 2 bridgehead atoms. The molecule has 3 nitrogen and oxygen atoms in total. The Morgan fingerprint density at radius 2 is 1.75 bits per heavy atom. The first-order valence-electron chi connectivity index (χ1n) is 13.9. The van der Waals surface area contributed by atoms with Crippen LogP contribution < -0.4 is 0 Å². The lowest BCUT2D eigenvalue weighted by Gasteiger charge is -2.63. The van der Waals surface area contributed by atoms with Gasteiger partial charge < -0.3 is 9.47 Å². The quantitative estimate of drug-likeness (QED) is 0.435. The van der Waals surface area contributed by atoms with Crippen LogP contribution in [-0.2, 0) is 14.3 Å². The number of carbonyl (C=O) groups is 1. The van der Waals surface area contributed by atoms with Gasteiger partial charge in [-0.1, -0.05) is 53.9 Å². The molecule has 3 saturated carbocycles. The summed E-state index contributed by atoms with van der Waals surface area (Å²) in [6, 6.07) is 0. The van der Waals surface area contributed by atoms with Crippen LogP contribution in [0.1, 0.15) is 112 Å². The lowest BCUT2D eigenvalue weighted by molar-refractivity contribution is -0.319. The van der Waals surface area contributed by atoms with Gasteiger partial charge in [0.25, 0.3) is 0 Å². The number of ketones is 1. The molecule has 3 aliphatic carbocycles. The number of Topliss-reactive ketones (excluding diaryl/α,β-unsaturated/α-hetero) is 1. The molecule has 2 aliphatic heterocycles. The van der Waals surface area contributed by atoms with Gasteiger partial charge in [0.2, 0.25) is 0 Å². The van der Waals surface area contributed by atoms with Gasteiger partial charge in [-0.3, -0.25) is 4.79 Å². The Labute approximate surface area is 196 Å². The predicted octanol–water partition coefficient (Wildman–Crippen LogP) is 7.17. The van der Waals surface area contributed by atoms with Crippen molar-refractivity contribution in [2.24, 2.45) is 46.3 Å². The van der Waals surface area contributed by atoms with Crippen LogP contribution in [0, 0.1) is 46.3 Å². The minimum absolute atomic E-state index is 0.00612. The molecular formula is C29H48O3. The maximum Gasteiger partial charge on any atom is 0.176 e. The van der Waals surface area contributed by atoms with Gasteiger partial charge in [-0.2, -0.15) is 0 Å². The fourth-order valence-electron chi connectivity index (χ4n) is 10.1. The molecule has 0 radical (unpaired) electrons. The third-order valence-electron chi connectivity index (χ3n) is 11.8. The Bertz CT molecular complexity index is 747. The zero-order valence-corrected chi connectivity index (χ0v) is 21.7. The first-order valence-corrected chi connectivity index (χ1v) is 13.9. The highest BCUT2D eigenvalue weighted by Crippen LogP contribution is 2.71. The molecule has 0 amide bonds. The van der Waals surface area contributed by atoms with Crippen LogP contribution in [0.3, 0.4) is 0 Å².